The lowest BCUT2D eigenvalue weighted by Gasteiger charge is -2.32. The van der Waals surface area contributed by atoms with Gasteiger partial charge in [-0.15, -0.1) is 23.1 Å². The van der Waals surface area contributed by atoms with Crippen LogP contribution in [0.2, 0.25) is 0 Å². The highest BCUT2D eigenvalue weighted by Crippen LogP contribution is 2.47. The number of aromatic nitrogens is 1. The third-order valence-electron chi connectivity index (χ3n) is 7.96. The number of hydrogen-bond acceptors (Lipinski definition) is 10. The molecule has 11 nitrogen and oxygen atoms in total. The molecule has 1 atom stereocenters. The number of rotatable bonds is 8. The topological polar surface area (TPSA) is 120 Å². The molecule has 0 saturated carbocycles. The SMILES string of the molecule is CCOC(=O)CSc1cnc(CC(=O)N2CC3(CCN(C(C)=O)C3)c3cc(S(=O)(=O)N4CCN(C)CC4)ccc32)s1. The molecule has 0 aliphatic carbocycles. The summed E-state index contributed by atoms with van der Waals surface area (Å²) in [5, 5.41) is 0.634. The van der Waals surface area contributed by atoms with E-state index in [9.17, 15) is 22.8 Å². The molecule has 41 heavy (non-hydrogen) atoms. The summed E-state index contributed by atoms with van der Waals surface area (Å²) in [7, 11) is -1.73. The summed E-state index contributed by atoms with van der Waals surface area (Å²) in [6, 6.07) is 5.06. The molecule has 1 spiro atoms. The van der Waals surface area contributed by atoms with E-state index in [-0.39, 0.29) is 34.9 Å². The van der Waals surface area contributed by atoms with Crippen LogP contribution in [0.4, 0.5) is 5.69 Å². The smallest absolute Gasteiger partial charge is 0.316 e. The van der Waals surface area contributed by atoms with Gasteiger partial charge in [0, 0.05) is 63.8 Å². The molecule has 1 aromatic heterocycles. The van der Waals surface area contributed by atoms with Crippen LogP contribution in [-0.2, 0) is 41.0 Å². The van der Waals surface area contributed by atoms with E-state index in [4.69, 9.17) is 4.74 Å². The van der Waals surface area contributed by atoms with Crippen molar-refractivity contribution in [3.63, 3.8) is 0 Å². The monoisotopic (exact) mass is 621 g/mol. The zero-order chi connectivity index (χ0) is 29.4. The van der Waals surface area contributed by atoms with Crippen molar-refractivity contribution in [2.75, 3.05) is 70.1 Å². The molecule has 14 heteroatoms. The summed E-state index contributed by atoms with van der Waals surface area (Å²) < 4.78 is 34.5. The standard InChI is InChI=1S/C27H35N5O6S3/c1-4-38-25(35)16-39-26-15-28-23(40-26)14-24(34)32-18-27(7-8-30(17-27)19(2)33)21-13-20(5-6-22(21)32)41(36,37)31-11-9-29(3)10-12-31/h5-6,13,15H,4,7-12,14,16-18H2,1-3H3. The van der Waals surface area contributed by atoms with Gasteiger partial charge in [0.05, 0.1) is 34.1 Å². The van der Waals surface area contributed by atoms with E-state index < -0.39 is 15.4 Å². The van der Waals surface area contributed by atoms with Gasteiger partial charge in [0.1, 0.15) is 5.01 Å². The first-order valence-corrected chi connectivity index (χ1v) is 16.9. The number of likely N-dealkylation sites (tertiary alicyclic amines) is 1. The lowest BCUT2D eigenvalue weighted by atomic mass is 9.81. The maximum absolute atomic E-state index is 13.7. The summed E-state index contributed by atoms with van der Waals surface area (Å²) in [5.74, 6) is -0.301. The zero-order valence-electron chi connectivity index (χ0n) is 23.5. The lowest BCUT2D eigenvalue weighted by molar-refractivity contribution is -0.139. The summed E-state index contributed by atoms with van der Waals surface area (Å²) in [4.78, 5) is 47.8. The van der Waals surface area contributed by atoms with Crippen LogP contribution in [0.25, 0.3) is 0 Å². The first-order chi connectivity index (χ1) is 19.5. The second-order valence-corrected chi connectivity index (χ2v) is 15.0. The summed E-state index contributed by atoms with van der Waals surface area (Å²) in [6.07, 6.45) is 2.39. The molecule has 0 bridgehead atoms. The number of thiazole rings is 1. The van der Waals surface area contributed by atoms with Crippen LogP contribution in [-0.4, -0.2) is 111 Å². The number of amides is 2. The Morgan fingerprint density at radius 2 is 1.88 bits per heavy atom. The van der Waals surface area contributed by atoms with Gasteiger partial charge in [0.2, 0.25) is 21.8 Å². The summed E-state index contributed by atoms with van der Waals surface area (Å²) in [5.41, 5.74) is 0.953. The highest BCUT2D eigenvalue weighted by Gasteiger charge is 2.50. The third-order valence-corrected chi connectivity index (χ3v) is 12.0. The molecule has 1 aromatic carbocycles. The molecule has 1 unspecified atom stereocenters. The van der Waals surface area contributed by atoms with Crippen LogP contribution in [0.5, 0.6) is 0 Å². The number of fused-ring (bicyclic) bond motifs is 2. The number of anilines is 1. The minimum Gasteiger partial charge on any atom is -0.465 e. The second kappa shape index (κ2) is 12.0. The molecule has 5 rings (SSSR count). The van der Waals surface area contributed by atoms with Gasteiger partial charge in [-0.3, -0.25) is 14.4 Å². The van der Waals surface area contributed by atoms with Crippen molar-refractivity contribution in [1.82, 2.24) is 19.1 Å². The fourth-order valence-electron chi connectivity index (χ4n) is 5.70. The van der Waals surface area contributed by atoms with Crippen molar-refractivity contribution in [1.29, 1.82) is 0 Å². The van der Waals surface area contributed by atoms with Crippen LogP contribution in [0.1, 0.15) is 30.8 Å². The van der Waals surface area contributed by atoms with Crippen LogP contribution in [0.15, 0.2) is 33.5 Å². The van der Waals surface area contributed by atoms with E-state index >= 15 is 0 Å². The second-order valence-electron chi connectivity index (χ2n) is 10.7. The van der Waals surface area contributed by atoms with Gasteiger partial charge in [0.25, 0.3) is 0 Å². The van der Waals surface area contributed by atoms with E-state index in [0.29, 0.717) is 69.5 Å². The molecule has 2 amide bonds. The van der Waals surface area contributed by atoms with Gasteiger partial charge in [0.15, 0.2) is 0 Å². The molecule has 2 saturated heterocycles. The van der Waals surface area contributed by atoms with E-state index in [2.05, 4.69) is 9.88 Å². The minimum absolute atomic E-state index is 0.0370. The van der Waals surface area contributed by atoms with E-state index in [0.717, 1.165) is 9.77 Å². The molecule has 4 heterocycles. The first-order valence-electron chi connectivity index (χ1n) is 13.6. The number of sulfonamides is 1. The number of benzene rings is 1. The number of piperazine rings is 1. The zero-order valence-corrected chi connectivity index (χ0v) is 25.9. The number of ether oxygens (including phenoxy) is 1. The molecule has 222 valence electrons. The summed E-state index contributed by atoms with van der Waals surface area (Å²) in [6.45, 7) is 7.18. The average molecular weight is 622 g/mol. The number of thioether (sulfide) groups is 1. The van der Waals surface area contributed by atoms with Gasteiger partial charge in [-0.1, -0.05) is 0 Å². The third kappa shape index (κ3) is 6.17. The first kappa shape index (κ1) is 30.0. The van der Waals surface area contributed by atoms with Gasteiger partial charge in [-0.05, 0) is 44.2 Å². The van der Waals surface area contributed by atoms with Gasteiger partial charge >= 0.3 is 5.97 Å². The van der Waals surface area contributed by atoms with Crippen molar-refractivity contribution in [3.05, 3.63) is 35.0 Å². The fraction of sp³-hybridized carbons (Fsp3) is 0.556. The van der Waals surface area contributed by atoms with E-state index in [1.807, 2.05) is 7.05 Å². The molecule has 2 fully saturated rings. The normalized spacial score (nSPS) is 21.4. The summed E-state index contributed by atoms with van der Waals surface area (Å²) >= 11 is 2.69. The predicted molar refractivity (Wildman–Crippen MR) is 157 cm³/mol. The maximum atomic E-state index is 13.7. The number of carbonyl (C=O) groups excluding carboxylic acids is 3. The van der Waals surface area contributed by atoms with Crippen LogP contribution in [0.3, 0.4) is 0 Å². The van der Waals surface area contributed by atoms with Crippen molar-refractivity contribution in [3.8, 4) is 0 Å². The maximum Gasteiger partial charge on any atom is 0.316 e. The Morgan fingerprint density at radius 1 is 1.12 bits per heavy atom. The molecule has 3 aliphatic heterocycles. The number of nitrogens with zero attached hydrogens (tertiary/aromatic N) is 5. The van der Waals surface area contributed by atoms with E-state index in [1.54, 1.807) is 41.1 Å². The van der Waals surface area contributed by atoms with Crippen molar-refractivity contribution in [2.45, 2.75) is 41.2 Å². The van der Waals surface area contributed by atoms with Crippen LogP contribution >= 0.6 is 23.1 Å². The van der Waals surface area contributed by atoms with Gasteiger partial charge in [-0.2, -0.15) is 4.31 Å². The Hall–Kier alpha value is -2.52. The Bertz CT molecular complexity index is 1440. The fourth-order valence-corrected chi connectivity index (χ4v) is 8.96. The van der Waals surface area contributed by atoms with Crippen molar-refractivity contribution >= 4 is 56.6 Å². The van der Waals surface area contributed by atoms with E-state index in [1.165, 1.54) is 34.3 Å². The molecular formula is C27H35N5O6S3. The number of hydrogen-bond donors (Lipinski definition) is 0. The Balaban J connectivity index is 1.39. The van der Waals surface area contributed by atoms with Gasteiger partial charge < -0.3 is 19.4 Å². The van der Waals surface area contributed by atoms with Crippen molar-refractivity contribution < 1.29 is 27.5 Å². The predicted octanol–water partition coefficient (Wildman–Crippen LogP) is 1.81. The molecular weight excluding hydrogens is 587 g/mol. The van der Waals surface area contributed by atoms with Crippen LogP contribution < -0.4 is 4.90 Å². The van der Waals surface area contributed by atoms with Crippen LogP contribution in [0, 0.1) is 0 Å². The van der Waals surface area contributed by atoms with Gasteiger partial charge in [-0.25, -0.2) is 13.4 Å². The number of carbonyl (C=O) groups is 3. The largest absolute Gasteiger partial charge is 0.465 e. The Kier molecular flexibility index (Phi) is 8.76. The average Bonchev–Trinajstić information content (AvgIpc) is 3.66. The minimum atomic E-state index is -3.70. The molecule has 3 aliphatic rings. The Morgan fingerprint density at radius 3 is 2.56 bits per heavy atom. The lowest BCUT2D eigenvalue weighted by Crippen LogP contribution is -2.47. The number of likely N-dealkylation sites (N-methyl/N-ethyl adjacent to an activating group) is 1. The molecule has 0 radical (unpaired) electrons. The molecule has 0 N–H and O–H groups in total. The number of esters is 1. The Labute approximate surface area is 248 Å². The highest BCUT2D eigenvalue weighted by atomic mass is 32.2. The molecule has 2 aromatic rings. The highest BCUT2D eigenvalue weighted by molar-refractivity contribution is 8.01. The quantitative estimate of drug-likeness (QED) is 0.321. The van der Waals surface area contributed by atoms with Crippen molar-refractivity contribution in [2.24, 2.45) is 0 Å².